The number of rotatable bonds is 6. The summed E-state index contributed by atoms with van der Waals surface area (Å²) in [6.45, 7) is 2.35. The van der Waals surface area contributed by atoms with Crippen molar-refractivity contribution in [3.05, 3.63) is 29.6 Å². The molecule has 0 radical (unpaired) electrons. The van der Waals surface area contributed by atoms with Crippen LogP contribution in [0.1, 0.15) is 31.4 Å². The number of hydrogen-bond donors (Lipinski definition) is 2. The van der Waals surface area contributed by atoms with Crippen molar-refractivity contribution in [2.24, 2.45) is 5.73 Å². The molecule has 4 heteroatoms. The van der Waals surface area contributed by atoms with Crippen LogP contribution in [0.15, 0.2) is 18.2 Å². The Morgan fingerprint density at radius 3 is 2.75 bits per heavy atom. The van der Waals surface area contributed by atoms with Crippen molar-refractivity contribution in [1.29, 1.82) is 0 Å². The Kier molecular flexibility index (Phi) is 5.22. The van der Waals surface area contributed by atoms with Crippen LogP contribution < -0.4 is 10.5 Å². The first-order valence-corrected chi connectivity index (χ1v) is 5.44. The molecule has 0 amide bonds. The monoisotopic (exact) mass is 227 g/mol. The van der Waals surface area contributed by atoms with Crippen LogP contribution in [0.5, 0.6) is 5.75 Å². The fourth-order valence-electron chi connectivity index (χ4n) is 1.31. The lowest BCUT2D eigenvalue weighted by molar-refractivity contribution is 0.248. The summed E-state index contributed by atoms with van der Waals surface area (Å²) in [5, 5.41) is 8.57. The first-order valence-electron chi connectivity index (χ1n) is 5.44. The molecule has 0 aromatic heterocycles. The van der Waals surface area contributed by atoms with Crippen molar-refractivity contribution in [2.45, 2.75) is 25.8 Å². The zero-order valence-corrected chi connectivity index (χ0v) is 9.45. The minimum atomic E-state index is -0.390. The Morgan fingerprint density at radius 1 is 1.44 bits per heavy atom. The van der Waals surface area contributed by atoms with E-state index in [4.69, 9.17) is 15.6 Å². The third-order valence-electron chi connectivity index (χ3n) is 2.29. The zero-order valence-electron chi connectivity index (χ0n) is 9.45. The molecule has 3 nitrogen and oxygen atoms in total. The molecule has 1 atom stereocenters. The standard InChI is InChI=1S/C12H18FNO2/c1-9(14)10-4-5-12(11(13)8-10)16-7-3-2-6-15/h4-5,8-9,15H,2-3,6-7,14H2,1H3/t9-/m1/s1. The van der Waals surface area contributed by atoms with Crippen LogP contribution >= 0.6 is 0 Å². The second kappa shape index (κ2) is 6.45. The molecular formula is C12H18FNO2. The van der Waals surface area contributed by atoms with Crippen molar-refractivity contribution in [1.82, 2.24) is 0 Å². The first-order chi connectivity index (χ1) is 7.65. The van der Waals surface area contributed by atoms with Crippen LogP contribution in [0, 0.1) is 5.82 Å². The Bertz CT molecular complexity index is 329. The van der Waals surface area contributed by atoms with Crippen molar-refractivity contribution in [3.8, 4) is 5.75 Å². The first kappa shape index (κ1) is 12.9. The molecule has 16 heavy (non-hydrogen) atoms. The zero-order chi connectivity index (χ0) is 12.0. The summed E-state index contributed by atoms with van der Waals surface area (Å²) in [5.41, 5.74) is 6.39. The highest BCUT2D eigenvalue weighted by Crippen LogP contribution is 2.21. The Morgan fingerprint density at radius 2 is 2.19 bits per heavy atom. The van der Waals surface area contributed by atoms with Crippen LogP contribution in [0.3, 0.4) is 0 Å². The molecule has 0 aliphatic heterocycles. The van der Waals surface area contributed by atoms with E-state index in [9.17, 15) is 4.39 Å². The topological polar surface area (TPSA) is 55.5 Å². The van der Waals surface area contributed by atoms with Gasteiger partial charge in [-0.1, -0.05) is 6.07 Å². The number of unbranched alkanes of at least 4 members (excludes halogenated alkanes) is 1. The van der Waals surface area contributed by atoms with Crippen molar-refractivity contribution >= 4 is 0 Å². The maximum Gasteiger partial charge on any atom is 0.165 e. The van der Waals surface area contributed by atoms with E-state index in [0.717, 1.165) is 5.56 Å². The van der Waals surface area contributed by atoms with Gasteiger partial charge in [0, 0.05) is 12.6 Å². The molecule has 90 valence electrons. The molecule has 0 aliphatic carbocycles. The molecule has 0 saturated heterocycles. The number of hydrogen-bond acceptors (Lipinski definition) is 3. The maximum atomic E-state index is 13.5. The fraction of sp³-hybridized carbons (Fsp3) is 0.500. The second-order valence-corrected chi connectivity index (χ2v) is 3.76. The van der Waals surface area contributed by atoms with E-state index >= 15 is 0 Å². The summed E-state index contributed by atoms with van der Waals surface area (Å²) in [7, 11) is 0. The van der Waals surface area contributed by atoms with Gasteiger partial charge in [0.25, 0.3) is 0 Å². The molecule has 1 rings (SSSR count). The predicted molar refractivity (Wildman–Crippen MR) is 60.8 cm³/mol. The Balaban J connectivity index is 2.54. The van der Waals surface area contributed by atoms with Crippen LogP contribution in [-0.4, -0.2) is 18.3 Å². The van der Waals surface area contributed by atoms with E-state index in [1.54, 1.807) is 19.1 Å². The van der Waals surface area contributed by atoms with E-state index in [1.165, 1.54) is 6.07 Å². The van der Waals surface area contributed by atoms with Crippen molar-refractivity contribution in [3.63, 3.8) is 0 Å². The Hall–Kier alpha value is -1.13. The number of aliphatic hydroxyl groups excluding tert-OH is 1. The van der Waals surface area contributed by atoms with E-state index < -0.39 is 5.82 Å². The minimum absolute atomic E-state index is 0.134. The van der Waals surface area contributed by atoms with Crippen LogP contribution in [-0.2, 0) is 0 Å². The average molecular weight is 227 g/mol. The van der Waals surface area contributed by atoms with E-state index in [-0.39, 0.29) is 18.4 Å². The lowest BCUT2D eigenvalue weighted by Gasteiger charge is -2.10. The lowest BCUT2D eigenvalue weighted by atomic mass is 10.1. The lowest BCUT2D eigenvalue weighted by Crippen LogP contribution is -2.06. The van der Waals surface area contributed by atoms with Crippen LogP contribution in [0.25, 0.3) is 0 Å². The molecule has 0 bridgehead atoms. The highest BCUT2D eigenvalue weighted by Gasteiger charge is 2.06. The fourth-order valence-corrected chi connectivity index (χ4v) is 1.31. The molecule has 0 saturated carbocycles. The number of ether oxygens (including phenoxy) is 1. The third-order valence-corrected chi connectivity index (χ3v) is 2.29. The smallest absolute Gasteiger partial charge is 0.165 e. The van der Waals surface area contributed by atoms with Gasteiger partial charge in [0.15, 0.2) is 11.6 Å². The van der Waals surface area contributed by atoms with Gasteiger partial charge in [0.05, 0.1) is 6.61 Å². The predicted octanol–water partition coefficient (Wildman–Crippen LogP) is 2.00. The quantitative estimate of drug-likeness (QED) is 0.731. The third kappa shape index (κ3) is 3.79. The van der Waals surface area contributed by atoms with Crippen LogP contribution in [0.2, 0.25) is 0 Å². The van der Waals surface area contributed by atoms with Crippen LogP contribution in [0.4, 0.5) is 4.39 Å². The number of aliphatic hydroxyl groups is 1. The van der Waals surface area contributed by atoms with Gasteiger partial charge in [-0.25, -0.2) is 4.39 Å². The molecule has 0 aliphatic rings. The molecule has 0 spiro atoms. The highest BCUT2D eigenvalue weighted by molar-refractivity contribution is 5.30. The maximum absolute atomic E-state index is 13.5. The molecule has 3 N–H and O–H groups in total. The largest absolute Gasteiger partial charge is 0.491 e. The van der Waals surface area contributed by atoms with E-state index in [0.29, 0.717) is 19.4 Å². The number of halogens is 1. The van der Waals surface area contributed by atoms with Crippen molar-refractivity contribution in [2.75, 3.05) is 13.2 Å². The number of nitrogens with two attached hydrogens (primary N) is 1. The number of benzene rings is 1. The molecule has 1 aromatic rings. The summed E-state index contributed by atoms with van der Waals surface area (Å²) in [6.07, 6.45) is 1.38. The second-order valence-electron chi connectivity index (χ2n) is 3.76. The molecule has 0 fully saturated rings. The highest BCUT2D eigenvalue weighted by atomic mass is 19.1. The molecule has 0 heterocycles. The van der Waals surface area contributed by atoms with Gasteiger partial charge in [-0.2, -0.15) is 0 Å². The van der Waals surface area contributed by atoms with Gasteiger partial charge >= 0.3 is 0 Å². The summed E-state index contributed by atoms with van der Waals surface area (Å²) in [6, 6.07) is 4.56. The molecule has 1 aromatic carbocycles. The average Bonchev–Trinajstić information content (AvgIpc) is 2.26. The van der Waals surface area contributed by atoms with Gasteiger partial charge in [-0.3, -0.25) is 0 Å². The minimum Gasteiger partial charge on any atom is -0.491 e. The summed E-state index contributed by atoms with van der Waals surface area (Å²) < 4.78 is 18.7. The summed E-state index contributed by atoms with van der Waals surface area (Å²) in [5.74, 6) is -0.152. The van der Waals surface area contributed by atoms with Gasteiger partial charge in [0.1, 0.15) is 0 Å². The molecular weight excluding hydrogens is 209 g/mol. The van der Waals surface area contributed by atoms with E-state index in [1.807, 2.05) is 0 Å². The van der Waals surface area contributed by atoms with Crippen molar-refractivity contribution < 1.29 is 14.2 Å². The molecule has 0 unspecified atom stereocenters. The normalized spacial score (nSPS) is 12.5. The summed E-state index contributed by atoms with van der Waals surface area (Å²) in [4.78, 5) is 0. The van der Waals surface area contributed by atoms with E-state index in [2.05, 4.69) is 0 Å². The SMILES string of the molecule is C[C@@H](N)c1ccc(OCCCCO)c(F)c1. The van der Waals surface area contributed by atoms with Gasteiger partial charge in [-0.05, 0) is 37.5 Å². The van der Waals surface area contributed by atoms with Gasteiger partial charge in [-0.15, -0.1) is 0 Å². The van der Waals surface area contributed by atoms with Gasteiger partial charge in [0.2, 0.25) is 0 Å². The van der Waals surface area contributed by atoms with Gasteiger partial charge < -0.3 is 15.6 Å². The Labute approximate surface area is 95.0 Å². The summed E-state index contributed by atoms with van der Waals surface area (Å²) >= 11 is 0.